The second-order valence-electron chi connectivity index (χ2n) is 4.08. The Labute approximate surface area is 109 Å². The fraction of sp³-hybridized carbons (Fsp3) is 0.231. The van der Waals surface area contributed by atoms with E-state index in [4.69, 9.17) is 14.2 Å². The fourth-order valence-corrected chi connectivity index (χ4v) is 1.80. The summed E-state index contributed by atoms with van der Waals surface area (Å²) in [6.45, 7) is 1.90. The van der Waals surface area contributed by atoms with Crippen molar-refractivity contribution in [2.24, 2.45) is 0 Å². The third kappa shape index (κ3) is 2.24. The van der Waals surface area contributed by atoms with Gasteiger partial charge in [-0.1, -0.05) is 0 Å². The third-order valence-electron chi connectivity index (χ3n) is 2.76. The minimum atomic E-state index is -0.616. The zero-order valence-electron chi connectivity index (χ0n) is 10.3. The molecule has 6 nitrogen and oxygen atoms in total. The summed E-state index contributed by atoms with van der Waals surface area (Å²) < 4.78 is 17.4. The molecule has 1 aliphatic rings. The molecule has 1 atom stereocenters. The highest BCUT2D eigenvalue weighted by Crippen LogP contribution is 2.35. The van der Waals surface area contributed by atoms with Crippen molar-refractivity contribution in [3.8, 4) is 17.2 Å². The number of carbonyl (C=O) groups is 1. The minimum absolute atomic E-state index is 0.185. The zero-order chi connectivity index (χ0) is 13.2. The number of ether oxygens (including phenoxy) is 3. The van der Waals surface area contributed by atoms with Crippen molar-refractivity contribution in [2.75, 3.05) is 6.79 Å². The molecule has 0 bridgehead atoms. The van der Waals surface area contributed by atoms with Gasteiger partial charge in [0, 0.05) is 18.5 Å². The van der Waals surface area contributed by atoms with Crippen LogP contribution in [0.4, 0.5) is 0 Å². The van der Waals surface area contributed by atoms with Gasteiger partial charge in [0.1, 0.15) is 12.1 Å². The Morgan fingerprint density at radius 2 is 2.26 bits per heavy atom. The monoisotopic (exact) mass is 260 g/mol. The number of aromatic nitrogens is 2. The SMILES string of the molecule is CC(Oc1ccc2c(c1)OCO2)C(=O)n1ccnc1. The molecule has 19 heavy (non-hydrogen) atoms. The summed E-state index contributed by atoms with van der Waals surface area (Å²) in [7, 11) is 0. The molecule has 0 radical (unpaired) electrons. The van der Waals surface area contributed by atoms with Gasteiger partial charge in [-0.25, -0.2) is 4.98 Å². The van der Waals surface area contributed by atoms with Gasteiger partial charge >= 0.3 is 0 Å². The average molecular weight is 260 g/mol. The molecule has 1 unspecified atom stereocenters. The highest BCUT2D eigenvalue weighted by Gasteiger charge is 2.19. The Kier molecular flexibility index (Phi) is 2.83. The topological polar surface area (TPSA) is 62.6 Å². The van der Waals surface area contributed by atoms with Crippen LogP contribution in [0.1, 0.15) is 11.7 Å². The molecular formula is C13H12N2O4. The molecule has 0 amide bonds. The number of fused-ring (bicyclic) bond motifs is 1. The first-order chi connectivity index (χ1) is 9.24. The largest absolute Gasteiger partial charge is 0.481 e. The molecule has 1 aromatic heterocycles. The quantitative estimate of drug-likeness (QED) is 0.840. The van der Waals surface area contributed by atoms with E-state index in [1.54, 1.807) is 37.5 Å². The van der Waals surface area contributed by atoms with Gasteiger partial charge in [0.2, 0.25) is 6.79 Å². The Morgan fingerprint density at radius 1 is 1.42 bits per heavy atom. The first-order valence-electron chi connectivity index (χ1n) is 5.82. The van der Waals surface area contributed by atoms with E-state index in [9.17, 15) is 4.79 Å². The Morgan fingerprint density at radius 3 is 3.05 bits per heavy atom. The summed E-state index contributed by atoms with van der Waals surface area (Å²) in [5.74, 6) is 1.68. The van der Waals surface area contributed by atoms with Crippen LogP contribution in [0.2, 0.25) is 0 Å². The lowest BCUT2D eigenvalue weighted by Gasteiger charge is -2.13. The molecule has 1 aliphatic heterocycles. The van der Waals surface area contributed by atoms with Crippen molar-refractivity contribution < 1.29 is 19.0 Å². The van der Waals surface area contributed by atoms with Gasteiger partial charge in [0.15, 0.2) is 17.6 Å². The highest BCUT2D eigenvalue weighted by molar-refractivity contribution is 5.83. The number of benzene rings is 1. The van der Waals surface area contributed by atoms with Crippen LogP contribution in [0.5, 0.6) is 17.2 Å². The Hall–Kier alpha value is -2.50. The lowest BCUT2D eigenvalue weighted by Crippen LogP contribution is -2.28. The van der Waals surface area contributed by atoms with E-state index in [-0.39, 0.29) is 12.7 Å². The van der Waals surface area contributed by atoms with Gasteiger partial charge < -0.3 is 14.2 Å². The molecule has 98 valence electrons. The Bertz CT molecular complexity index is 595. The lowest BCUT2D eigenvalue weighted by atomic mass is 10.3. The van der Waals surface area contributed by atoms with Crippen molar-refractivity contribution >= 4 is 5.91 Å². The smallest absolute Gasteiger partial charge is 0.272 e. The third-order valence-corrected chi connectivity index (χ3v) is 2.76. The van der Waals surface area contributed by atoms with Crippen molar-refractivity contribution in [2.45, 2.75) is 13.0 Å². The van der Waals surface area contributed by atoms with Crippen LogP contribution in [0.25, 0.3) is 0 Å². The number of nitrogens with zero attached hydrogens (tertiary/aromatic N) is 2. The molecule has 0 saturated heterocycles. The summed E-state index contributed by atoms with van der Waals surface area (Å²) in [4.78, 5) is 15.8. The fourth-order valence-electron chi connectivity index (χ4n) is 1.80. The first-order valence-corrected chi connectivity index (χ1v) is 5.82. The van der Waals surface area contributed by atoms with Crippen LogP contribution >= 0.6 is 0 Å². The van der Waals surface area contributed by atoms with Crippen LogP contribution in [0.15, 0.2) is 36.9 Å². The molecule has 0 spiro atoms. The van der Waals surface area contributed by atoms with Crippen LogP contribution in [0, 0.1) is 0 Å². The minimum Gasteiger partial charge on any atom is -0.481 e. The van der Waals surface area contributed by atoms with E-state index >= 15 is 0 Å². The molecule has 3 rings (SSSR count). The van der Waals surface area contributed by atoms with Crippen LogP contribution in [-0.2, 0) is 0 Å². The van der Waals surface area contributed by atoms with Gasteiger partial charge in [-0.3, -0.25) is 9.36 Å². The van der Waals surface area contributed by atoms with Gasteiger partial charge in [-0.15, -0.1) is 0 Å². The number of rotatable bonds is 3. The second kappa shape index (κ2) is 4.64. The van der Waals surface area contributed by atoms with Crippen LogP contribution < -0.4 is 14.2 Å². The predicted molar refractivity (Wildman–Crippen MR) is 65.5 cm³/mol. The molecule has 1 aromatic carbocycles. The predicted octanol–water partition coefficient (Wildman–Crippen LogP) is 1.72. The van der Waals surface area contributed by atoms with E-state index in [2.05, 4.69) is 4.98 Å². The van der Waals surface area contributed by atoms with Crippen LogP contribution in [-0.4, -0.2) is 28.4 Å². The van der Waals surface area contributed by atoms with Gasteiger partial charge in [-0.2, -0.15) is 0 Å². The molecular weight excluding hydrogens is 248 g/mol. The normalized spacial score (nSPS) is 14.2. The molecule has 0 fully saturated rings. The standard InChI is InChI=1S/C13H12N2O4/c1-9(13(16)15-5-4-14-7-15)19-10-2-3-11-12(6-10)18-8-17-11/h2-7,9H,8H2,1H3. The summed E-state index contributed by atoms with van der Waals surface area (Å²) in [6.07, 6.45) is 3.96. The van der Waals surface area contributed by atoms with Gasteiger partial charge in [0.25, 0.3) is 5.91 Å². The number of hydrogen-bond donors (Lipinski definition) is 0. The summed E-state index contributed by atoms with van der Waals surface area (Å²) >= 11 is 0. The van der Waals surface area contributed by atoms with Crippen molar-refractivity contribution in [3.63, 3.8) is 0 Å². The van der Waals surface area contributed by atoms with E-state index in [0.717, 1.165) is 0 Å². The maximum absolute atomic E-state index is 12.0. The maximum Gasteiger partial charge on any atom is 0.272 e. The van der Waals surface area contributed by atoms with Crippen molar-refractivity contribution in [3.05, 3.63) is 36.9 Å². The molecule has 2 heterocycles. The highest BCUT2D eigenvalue weighted by atomic mass is 16.7. The lowest BCUT2D eigenvalue weighted by molar-refractivity contribution is 0.0727. The van der Waals surface area contributed by atoms with E-state index in [1.165, 1.54) is 10.9 Å². The summed E-state index contributed by atoms with van der Waals surface area (Å²) in [5.41, 5.74) is 0. The number of hydrogen-bond acceptors (Lipinski definition) is 5. The average Bonchev–Trinajstić information content (AvgIpc) is 3.08. The van der Waals surface area contributed by atoms with Gasteiger partial charge in [-0.05, 0) is 19.1 Å². The Balaban J connectivity index is 1.73. The summed E-state index contributed by atoms with van der Waals surface area (Å²) in [5, 5.41) is 0. The van der Waals surface area contributed by atoms with E-state index < -0.39 is 6.10 Å². The van der Waals surface area contributed by atoms with Crippen LogP contribution in [0.3, 0.4) is 0 Å². The molecule has 6 heteroatoms. The maximum atomic E-state index is 12.0. The number of imidazole rings is 1. The second-order valence-corrected chi connectivity index (χ2v) is 4.08. The van der Waals surface area contributed by atoms with E-state index in [0.29, 0.717) is 17.2 Å². The van der Waals surface area contributed by atoms with Crippen molar-refractivity contribution in [1.29, 1.82) is 0 Å². The molecule has 2 aromatic rings. The first kappa shape index (κ1) is 11.6. The van der Waals surface area contributed by atoms with Gasteiger partial charge in [0.05, 0.1) is 0 Å². The molecule has 0 N–H and O–H groups in total. The number of carbonyl (C=O) groups excluding carboxylic acids is 1. The zero-order valence-corrected chi connectivity index (χ0v) is 10.3. The summed E-state index contributed by atoms with van der Waals surface area (Å²) in [6, 6.07) is 5.21. The molecule has 0 aliphatic carbocycles. The van der Waals surface area contributed by atoms with E-state index in [1.807, 2.05) is 0 Å². The van der Waals surface area contributed by atoms with Crippen molar-refractivity contribution in [1.82, 2.24) is 9.55 Å². The molecule has 0 saturated carbocycles.